The molecule has 0 fully saturated rings. The molecule has 504 valence electrons. The number of amides is 1. The Morgan fingerprint density at radius 1 is 0.357 bits per heavy atom. The highest BCUT2D eigenvalue weighted by molar-refractivity contribution is 7.47. The fourth-order valence-electron chi connectivity index (χ4n) is 12.4. The summed E-state index contributed by atoms with van der Waals surface area (Å²) in [6, 6.07) is -0.757. The molecule has 1 amide bonds. The normalized spacial score (nSPS) is 13.5. The molecule has 84 heavy (non-hydrogen) atoms. The molecule has 9 heteroatoms. The first kappa shape index (κ1) is 83.5. The zero-order chi connectivity index (χ0) is 61.2. The molecule has 0 bridgehead atoms. The fourth-order valence-corrected chi connectivity index (χ4v) is 13.1. The Bertz CT molecular complexity index is 1330. The third-order valence-corrected chi connectivity index (χ3v) is 19.3. The van der Waals surface area contributed by atoms with Crippen LogP contribution < -0.4 is 5.32 Å². The second-order valence-corrected chi connectivity index (χ2v) is 29.6. The van der Waals surface area contributed by atoms with E-state index in [0.29, 0.717) is 23.9 Å². The number of phosphoric ester groups is 1. The minimum atomic E-state index is -4.33. The van der Waals surface area contributed by atoms with E-state index in [1.165, 1.54) is 360 Å². The summed E-state index contributed by atoms with van der Waals surface area (Å²) in [6.45, 7) is 4.98. The van der Waals surface area contributed by atoms with E-state index in [0.717, 1.165) is 38.5 Å². The van der Waals surface area contributed by atoms with Crippen LogP contribution in [0.25, 0.3) is 0 Å². The number of unbranched alkanes of at least 4 members (excludes halogenated alkanes) is 60. The molecule has 0 aromatic rings. The molecular formula is C75H154N2O6P+. The Morgan fingerprint density at radius 2 is 0.571 bits per heavy atom. The highest BCUT2D eigenvalue weighted by atomic mass is 31.2. The molecular weight excluding hydrogens is 1060 g/mol. The zero-order valence-corrected chi connectivity index (χ0v) is 58.8. The van der Waals surface area contributed by atoms with Crippen molar-refractivity contribution in [3.8, 4) is 0 Å². The van der Waals surface area contributed by atoms with Crippen molar-refractivity contribution >= 4 is 13.7 Å². The van der Waals surface area contributed by atoms with Crippen LogP contribution in [0, 0.1) is 0 Å². The molecule has 0 saturated carbocycles. The standard InChI is InChI=1S/C75H153N2O6P/c1-6-8-10-12-14-16-18-20-22-24-26-28-30-32-34-36-38-40-42-44-46-48-50-52-54-56-58-60-62-64-66-68-74(78)73(72-83-84(80,81)82-71-70-77(3,4)5)76-75(79)69-67-65-63-61-59-57-55-53-51-49-47-45-43-41-39-37-35-33-31-29-27-25-23-21-19-17-15-13-11-9-7-2/h73-74,78H,6-72H2,1-5H3,(H-,76,79,80,81)/p+1. The van der Waals surface area contributed by atoms with Gasteiger partial charge in [0.15, 0.2) is 0 Å². The Morgan fingerprint density at radius 3 is 0.798 bits per heavy atom. The predicted molar refractivity (Wildman–Crippen MR) is 369 cm³/mol. The lowest BCUT2D eigenvalue weighted by atomic mass is 10.0. The van der Waals surface area contributed by atoms with Crippen LogP contribution in [0.4, 0.5) is 0 Å². The highest BCUT2D eigenvalue weighted by Gasteiger charge is 2.28. The smallest absolute Gasteiger partial charge is 0.391 e. The van der Waals surface area contributed by atoms with E-state index in [9.17, 15) is 19.4 Å². The first-order chi connectivity index (χ1) is 41.0. The molecule has 3 atom stereocenters. The van der Waals surface area contributed by atoms with Gasteiger partial charge in [0, 0.05) is 6.42 Å². The summed E-state index contributed by atoms with van der Waals surface area (Å²) < 4.78 is 23.9. The van der Waals surface area contributed by atoms with Gasteiger partial charge in [0.05, 0.1) is 39.9 Å². The van der Waals surface area contributed by atoms with Crippen molar-refractivity contribution in [1.82, 2.24) is 5.32 Å². The first-order valence-electron chi connectivity index (χ1n) is 38.4. The van der Waals surface area contributed by atoms with Crippen LogP contribution >= 0.6 is 7.82 Å². The molecule has 0 aromatic carbocycles. The van der Waals surface area contributed by atoms with E-state index in [-0.39, 0.29) is 19.1 Å². The van der Waals surface area contributed by atoms with Gasteiger partial charge in [-0.15, -0.1) is 0 Å². The van der Waals surface area contributed by atoms with Gasteiger partial charge in [-0.25, -0.2) is 4.57 Å². The fraction of sp³-hybridized carbons (Fsp3) is 0.987. The van der Waals surface area contributed by atoms with Crippen molar-refractivity contribution in [3.05, 3.63) is 0 Å². The second-order valence-electron chi connectivity index (χ2n) is 28.1. The summed E-state index contributed by atoms with van der Waals surface area (Å²) >= 11 is 0. The van der Waals surface area contributed by atoms with E-state index in [1.807, 2.05) is 21.1 Å². The molecule has 0 aromatic heterocycles. The van der Waals surface area contributed by atoms with Gasteiger partial charge in [-0.1, -0.05) is 406 Å². The van der Waals surface area contributed by atoms with Crippen molar-refractivity contribution in [3.63, 3.8) is 0 Å². The van der Waals surface area contributed by atoms with Crippen molar-refractivity contribution in [2.75, 3.05) is 40.9 Å². The molecule has 0 spiro atoms. The van der Waals surface area contributed by atoms with E-state index < -0.39 is 20.0 Å². The van der Waals surface area contributed by atoms with Gasteiger partial charge < -0.3 is 19.8 Å². The van der Waals surface area contributed by atoms with Crippen LogP contribution in [0.2, 0.25) is 0 Å². The Hall–Kier alpha value is -0.500. The van der Waals surface area contributed by atoms with Crippen LogP contribution in [0.1, 0.15) is 425 Å². The van der Waals surface area contributed by atoms with Gasteiger partial charge in [-0.05, 0) is 12.8 Å². The average molecular weight is 1210 g/mol. The number of hydrogen-bond acceptors (Lipinski definition) is 5. The van der Waals surface area contributed by atoms with E-state index in [2.05, 4.69) is 19.2 Å². The third-order valence-electron chi connectivity index (χ3n) is 18.4. The Kier molecular flexibility index (Phi) is 66.5. The monoisotopic (exact) mass is 1210 g/mol. The van der Waals surface area contributed by atoms with Crippen LogP contribution in [0.5, 0.6) is 0 Å². The SMILES string of the molecule is CCCCCCCCCCCCCCCCCCCCCCCCCCCCCCCCCC(=O)NC(COP(=O)(O)OCC[N+](C)(C)C)C(O)CCCCCCCCCCCCCCCCCCCCCCCCCCCCCCCCC. The first-order valence-corrected chi connectivity index (χ1v) is 39.9. The van der Waals surface area contributed by atoms with Gasteiger partial charge in [0.25, 0.3) is 0 Å². The maximum Gasteiger partial charge on any atom is 0.472 e. The lowest BCUT2D eigenvalue weighted by Crippen LogP contribution is -2.46. The second kappa shape index (κ2) is 66.9. The number of nitrogens with one attached hydrogen (secondary N) is 1. The number of aliphatic hydroxyl groups is 1. The number of nitrogens with zero attached hydrogens (tertiary/aromatic N) is 1. The van der Waals surface area contributed by atoms with Gasteiger partial charge in [-0.3, -0.25) is 13.8 Å². The summed E-state index contributed by atoms with van der Waals surface area (Å²) in [7, 11) is 1.65. The number of hydrogen-bond donors (Lipinski definition) is 3. The summed E-state index contributed by atoms with van der Waals surface area (Å²) in [6.07, 6.45) is 85.3. The highest BCUT2D eigenvalue weighted by Crippen LogP contribution is 2.43. The molecule has 0 saturated heterocycles. The maximum absolute atomic E-state index is 13.1. The Labute approximate surface area is 527 Å². The van der Waals surface area contributed by atoms with E-state index >= 15 is 0 Å². The Balaban J connectivity index is 3.93. The quantitative estimate of drug-likeness (QED) is 0.0318. The molecule has 0 aliphatic rings. The number of quaternary nitrogens is 1. The molecule has 0 heterocycles. The number of carbonyl (C=O) groups is 1. The van der Waals surface area contributed by atoms with Crippen LogP contribution in [-0.2, 0) is 18.4 Å². The number of rotatable bonds is 73. The molecule has 8 nitrogen and oxygen atoms in total. The van der Waals surface area contributed by atoms with Crippen LogP contribution in [0.15, 0.2) is 0 Å². The topological polar surface area (TPSA) is 105 Å². The number of phosphoric acid groups is 1. The van der Waals surface area contributed by atoms with Gasteiger partial charge in [-0.2, -0.15) is 0 Å². The summed E-state index contributed by atoms with van der Waals surface area (Å²) in [5, 5.41) is 14.2. The zero-order valence-electron chi connectivity index (χ0n) is 58.0. The van der Waals surface area contributed by atoms with Gasteiger partial charge in [0.1, 0.15) is 13.2 Å². The van der Waals surface area contributed by atoms with E-state index in [4.69, 9.17) is 9.05 Å². The van der Waals surface area contributed by atoms with Crippen molar-refractivity contribution < 1.29 is 32.9 Å². The minimum absolute atomic E-state index is 0.0796. The molecule has 0 radical (unpaired) electrons. The average Bonchev–Trinajstić information content (AvgIpc) is 3.56. The number of carbonyl (C=O) groups excluding carboxylic acids is 1. The van der Waals surface area contributed by atoms with Gasteiger partial charge >= 0.3 is 7.82 Å². The van der Waals surface area contributed by atoms with Crippen molar-refractivity contribution in [2.45, 2.75) is 437 Å². The lowest BCUT2D eigenvalue weighted by Gasteiger charge is -2.26. The molecule has 0 aliphatic carbocycles. The summed E-state index contributed by atoms with van der Waals surface area (Å²) in [5.41, 5.74) is 0. The number of aliphatic hydroxyl groups excluding tert-OH is 1. The molecule has 0 aliphatic heterocycles. The summed E-state index contributed by atoms with van der Waals surface area (Å²) in [4.78, 5) is 23.5. The van der Waals surface area contributed by atoms with Gasteiger partial charge in [0.2, 0.25) is 5.91 Å². The van der Waals surface area contributed by atoms with Crippen LogP contribution in [-0.4, -0.2) is 73.4 Å². The lowest BCUT2D eigenvalue weighted by molar-refractivity contribution is -0.870. The third kappa shape index (κ3) is 69.0. The molecule has 0 rings (SSSR count). The largest absolute Gasteiger partial charge is 0.472 e. The predicted octanol–water partition coefficient (Wildman–Crippen LogP) is 24.7. The minimum Gasteiger partial charge on any atom is -0.391 e. The van der Waals surface area contributed by atoms with Crippen molar-refractivity contribution in [1.29, 1.82) is 0 Å². The van der Waals surface area contributed by atoms with Crippen LogP contribution in [0.3, 0.4) is 0 Å². The van der Waals surface area contributed by atoms with E-state index in [1.54, 1.807) is 0 Å². The molecule has 3 unspecified atom stereocenters. The number of likely N-dealkylation sites (N-methyl/N-ethyl adjacent to an activating group) is 1. The molecule has 3 N–H and O–H groups in total. The summed E-state index contributed by atoms with van der Waals surface area (Å²) in [5.74, 6) is -0.132. The van der Waals surface area contributed by atoms with Crippen molar-refractivity contribution in [2.24, 2.45) is 0 Å². The maximum atomic E-state index is 13.1.